The van der Waals surface area contributed by atoms with E-state index >= 15 is 0 Å². The summed E-state index contributed by atoms with van der Waals surface area (Å²) in [5.41, 5.74) is 0.997. The number of likely N-dealkylation sites (tertiary alicyclic amines) is 1. The summed E-state index contributed by atoms with van der Waals surface area (Å²) < 4.78 is 7.92. The van der Waals surface area contributed by atoms with Crippen molar-refractivity contribution in [3.05, 3.63) is 29.0 Å². The van der Waals surface area contributed by atoms with Crippen LogP contribution in [0.3, 0.4) is 0 Å². The topological polar surface area (TPSA) is 63.2 Å². The monoisotopic (exact) mass is 344 g/mol. The van der Waals surface area contributed by atoms with Crippen LogP contribution in [0.15, 0.2) is 4.42 Å². The van der Waals surface area contributed by atoms with Crippen molar-refractivity contribution in [1.82, 2.24) is 29.5 Å². The maximum absolute atomic E-state index is 5.73. The van der Waals surface area contributed by atoms with Crippen LogP contribution in [0.2, 0.25) is 0 Å². The van der Waals surface area contributed by atoms with E-state index in [2.05, 4.69) is 43.6 Å². The van der Waals surface area contributed by atoms with Gasteiger partial charge in [0.15, 0.2) is 0 Å². The van der Waals surface area contributed by atoms with Crippen LogP contribution in [0, 0.1) is 13.8 Å². The van der Waals surface area contributed by atoms with Crippen LogP contribution >= 0.6 is 0 Å². The lowest BCUT2D eigenvalue weighted by atomic mass is 10.2. The van der Waals surface area contributed by atoms with Gasteiger partial charge in [0.25, 0.3) is 0 Å². The molecule has 2 aromatic heterocycles. The van der Waals surface area contributed by atoms with Crippen LogP contribution in [0.5, 0.6) is 0 Å². The molecule has 0 bridgehead atoms. The van der Waals surface area contributed by atoms with Gasteiger partial charge in [-0.05, 0) is 40.2 Å². The molecule has 2 aromatic rings. The summed E-state index contributed by atoms with van der Waals surface area (Å²) in [6.07, 6.45) is 3.70. The van der Waals surface area contributed by atoms with Crippen molar-refractivity contribution in [1.29, 1.82) is 0 Å². The predicted octanol–water partition coefficient (Wildman–Crippen LogP) is 2.00. The highest BCUT2D eigenvalue weighted by atomic mass is 16.4. The molecule has 4 rings (SSSR count). The Balaban J connectivity index is 1.33. The summed E-state index contributed by atoms with van der Waals surface area (Å²) in [7, 11) is 4.30. The first kappa shape index (κ1) is 16.7. The molecule has 7 heteroatoms. The number of nitrogens with zero attached hydrogens (tertiary/aromatic N) is 6. The lowest BCUT2D eigenvalue weighted by Gasteiger charge is -2.24. The Morgan fingerprint density at radius 2 is 2.00 bits per heavy atom. The van der Waals surface area contributed by atoms with Gasteiger partial charge in [-0.15, -0.1) is 10.2 Å². The number of hydrogen-bond donors (Lipinski definition) is 0. The number of aromatic nitrogens is 4. The predicted molar refractivity (Wildman–Crippen MR) is 94.1 cm³/mol. The fourth-order valence-electron chi connectivity index (χ4n) is 3.68. The molecule has 0 amide bonds. The van der Waals surface area contributed by atoms with Crippen LogP contribution in [0.4, 0.5) is 0 Å². The van der Waals surface area contributed by atoms with E-state index in [0.717, 1.165) is 55.2 Å². The van der Waals surface area contributed by atoms with Gasteiger partial charge in [0.1, 0.15) is 17.4 Å². The molecule has 0 unspecified atom stereocenters. The van der Waals surface area contributed by atoms with E-state index in [1.54, 1.807) is 0 Å². The Hall–Kier alpha value is -1.73. The third kappa shape index (κ3) is 3.48. The molecule has 0 radical (unpaired) electrons. The largest absolute Gasteiger partial charge is 0.444 e. The fraction of sp³-hybridized carbons (Fsp3) is 0.722. The van der Waals surface area contributed by atoms with Gasteiger partial charge in [-0.1, -0.05) is 0 Å². The van der Waals surface area contributed by atoms with Gasteiger partial charge < -0.3 is 8.98 Å². The third-order valence-electron chi connectivity index (χ3n) is 5.63. The van der Waals surface area contributed by atoms with E-state index in [1.165, 1.54) is 19.3 Å². The summed E-state index contributed by atoms with van der Waals surface area (Å²) in [5.74, 6) is 4.64. The van der Waals surface area contributed by atoms with Gasteiger partial charge in [-0.25, -0.2) is 4.98 Å². The first-order valence-electron chi connectivity index (χ1n) is 9.25. The second-order valence-electron chi connectivity index (χ2n) is 7.65. The zero-order valence-corrected chi connectivity index (χ0v) is 15.7. The molecular formula is C18H28N6O. The normalized spacial score (nSPS) is 21.6. The summed E-state index contributed by atoms with van der Waals surface area (Å²) in [6.45, 7) is 7.76. The van der Waals surface area contributed by atoms with Crippen molar-refractivity contribution in [3.63, 3.8) is 0 Å². The smallest absolute Gasteiger partial charge is 0.208 e. The molecular weight excluding hydrogens is 316 g/mol. The summed E-state index contributed by atoms with van der Waals surface area (Å²) >= 11 is 0. The van der Waals surface area contributed by atoms with E-state index in [-0.39, 0.29) is 0 Å². The van der Waals surface area contributed by atoms with Crippen LogP contribution in [0.1, 0.15) is 54.2 Å². The molecule has 0 N–H and O–H groups in total. The SMILES string of the molecule is Cc1nc(CN2CC[C@@H](N(C)Cc3nnc(C4CC4)n3C)C2)oc1C. The zero-order chi connectivity index (χ0) is 17.6. The number of likely N-dealkylation sites (N-methyl/N-ethyl adjacent to an activating group) is 1. The average molecular weight is 344 g/mol. The Labute approximate surface area is 149 Å². The number of hydrogen-bond acceptors (Lipinski definition) is 6. The van der Waals surface area contributed by atoms with Gasteiger partial charge in [0.2, 0.25) is 5.89 Å². The van der Waals surface area contributed by atoms with E-state index in [9.17, 15) is 0 Å². The fourth-order valence-corrected chi connectivity index (χ4v) is 3.68. The number of aryl methyl sites for hydroxylation is 2. The van der Waals surface area contributed by atoms with E-state index < -0.39 is 0 Å². The van der Waals surface area contributed by atoms with Crippen molar-refractivity contribution in [3.8, 4) is 0 Å². The van der Waals surface area contributed by atoms with Gasteiger partial charge in [0.05, 0.1) is 18.8 Å². The second kappa shape index (κ2) is 6.53. The number of rotatable bonds is 6. The molecule has 25 heavy (non-hydrogen) atoms. The van der Waals surface area contributed by atoms with Crippen molar-refractivity contribution in [2.24, 2.45) is 7.05 Å². The Kier molecular flexibility index (Phi) is 4.37. The van der Waals surface area contributed by atoms with Crippen molar-refractivity contribution in [2.45, 2.75) is 58.2 Å². The molecule has 0 spiro atoms. The summed E-state index contributed by atoms with van der Waals surface area (Å²) in [4.78, 5) is 9.34. The van der Waals surface area contributed by atoms with Crippen molar-refractivity contribution in [2.75, 3.05) is 20.1 Å². The molecule has 0 aromatic carbocycles. The van der Waals surface area contributed by atoms with Crippen molar-refractivity contribution >= 4 is 0 Å². The second-order valence-corrected chi connectivity index (χ2v) is 7.65. The lowest BCUT2D eigenvalue weighted by molar-refractivity contribution is 0.210. The maximum atomic E-state index is 5.73. The molecule has 136 valence electrons. The third-order valence-corrected chi connectivity index (χ3v) is 5.63. The molecule has 1 saturated heterocycles. The van der Waals surface area contributed by atoms with Crippen LogP contribution in [-0.2, 0) is 20.1 Å². The van der Waals surface area contributed by atoms with Gasteiger partial charge in [0, 0.05) is 32.1 Å². The molecule has 2 fully saturated rings. The lowest BCUT2D eigenvalue weighted by Crippen LogP contribution is -2.34. The van der Waals surface area contributed by atoms with E-state index in [4.69, 9.17) is 4.42 Å². The highest BCUT2D eigenvalue weighted by Gasteiger charge is 2.31. The molecule has 1 saturated carbocycles. The molecule has 7 nitrogen and oxygen atoms in total. The first-order valence-corrected chi connectivity index (χ1v) is 9.25. The highest BCUT2D eigenvalue weighted by Crippen LogP contribution is 2.38. The molecule has 3 heterocycles. The minimum atomic E-state index is 0.540. The van der Waals surface area contributed by atoms with Crippen LogP contribution in [-0.4, -0.2) is 55.7 Å². The Bertz CT molecular complexity index is 727. The first-order chi connectivity index (χ1) is 12.0. The van der Waals surface area contributed by atoms with Crippen molar-refractivity contribution < 1.29 is 4.42 Å². The summed E-state index contributed by atoms with van der Waals surface area (Å²) in [6, 6.07) is 0.540. The quantitative estimate of drug-likeness (QED) is 0.799. The van der Waals surface area contributed by atoms with Gasteiger partial charge in [-0.3, -0.25) is 9.80 Å². The number of oxazole rings is 1. The van der Waals surface area contributed by atoms with Gasteiger partial charge >= 0.3 is 0 Å². The van der Waals surface area contributed by atoms with Crippen LogP contribution in [0.25, 0.3) is 0 Å². The van der Waals surface area contributed by atoms with E-state index in [1.807, 2.05) is 13.8 Å². The Morgan fingerprint density at radius 1 is 1.20 bits per heavy atom. The molecule has 2 aliphatic rings. The minimum Gasteiger partial charge on any atom is -0.444 e. The van der Waals surface area contributed by atoms with Crippen LogP contribution < -0.4 is 0 Å². The molecule has 1 atom stereocenters. The molecule has 1 aliphatic carbocycles. The molecule has 1 aliphatic heterocycles. The minimum absolute atomic E-state index is 0.540. The van der Waals surface area contributed by atoms with Gasteiger partial charge in [-0.2, -0.15) is 0 Å². The summed E-state index contributed by atoms with van der Waals surface area (Å²) in [5, 5.41) is 8.81. The Morgan fingerprint density at radius 3 is 2.68 bits per heavy atom. The maximum Gasteiger partial charge on any atom is 0.208 e. The average Bonchev–Trinajstić information content (AvgIpc) is 3.07. The van der Waals surface area contributed by atoms with E-state index in [0.29, 0.717) is 12.0 Å². The standard InChI is InChI=1S/C18H28N6O/c1-12-13(2)25-17(19-12)11-24-8-7-15(9-24)22(3)10-16-20-21-18(23(16)4)14-5-6-14/h14-15H,5-11H2,1-4H3/t15-/m1/s1. The zero-order valence-electron chi connectivity index (χ0n) is 15.7. The highest BCUT2D eigenvalue weighted by molar-refractivity contribution is 5.08.